The first-order valence-corrected chi connectivity index (χ1v) is 15.8. The zero-order valence-electron chi connectivity index (χ0n) is 38.7. The lowest BCUT2D eigenvalue weighted by molar-refractivity contribution is 0.672. The normalized spacial score (nSPS) is 15.4. The van der Waals surface area contributed by atoms with E-state index in [9.17, 15) is 4.11 Å². The van der Waals surface area contributed by atoms with Gasteiger partial charge < -0.3 is 4.42 Å². The van der Waals surface area contributed by atoms with Gasteiger partial charge in [-0.25, -0.2) is 0 Å². The van der Waals surface area contributed by atoms with Crippen LogP contribution in [0.2, 0.25) is 0 Å². The lowest BCUT2D eigenvalue weighted by Gasteiger charge is -2.19. The second-order valence-corrected chi connectivity index (χ2v) is 11.8. The van der Waals surface area contributed by atoms with Crippen LogP contribution in [0.25, 0.3) is 98.8 Å². The Hall–Kier alpha value is -6.44. The van der Waals surface area contributed by atoms with Crippen molar-refractivity contribution in [1.82, 2.24) is 0 Å². The van der Waals surface area contributed by atoms with Crippen LogP contribution in [0.3, 0.4) is 0 Å². The molecule has 0 N–H and O–H groups in total. The third-order valence-corrected chi connectivity index (χ3v) is 9.14. The summed E-state index contributed by atoms with van der Waals surface area (Å²) in [5.74, 6) is 0. The van der Waals surface area contributed by atoms with Gasteiger partial charge in [-0.15, -0.1) is 0 Å². The Kier molecular flexibility index (Phi) is 3.99. The molecule has 0 spiro atoms. The number of benzene rings is 9. The van der Waals surface area contributed by atoms with Crippen molar-refractivity contribution in [3.05, 3.63) is 182 Å². The molecule has 0 aliphatic carbocycles. The smallest absolute Gasteiger partial charge is 0.143 e. The highest BCUT2D eigenvalue weighted by Gasteiger charge is 2.19. The molecule has 9 aromatic carbocycles. The van der Waals surface area contributed by atoms with Crippen molar-refractivity contribution in [2.24, 2.45) is 0 Å². The van der Waals surface area contributed by atoms with Gasteiger partial charge in [0, 0.05) is 16.2 Å². The molecule has 0 amide bonds. The fourth-order valence-corrected chi connectivity index (χ4v) is 7.02. The van der Waals surface area contributed by atoms with E-state index >= 15 is 0 Å². The standard InChI is InChI=1S/C48H30O/c1-3-13-31(14-4-1)36-26-24-34(29-43(36)32-15-5-2-6-16-32)46-38-19-9-11-21-40(38)47(41-22-12-10-20-39(41)46)35-25-28-45-44(30-35)42-27-23-33-17-7-8-18-37(33)48(42)49-45/h1-30H/i1D,2D,3D,4D,5D,6D,13D,14D,15D,16D,24D,26D,29D. The van der Waals surface area contributed by atoms with Crippen LogP contribution in [0.1, 0.15) is 17.8 Å². The summed E-state index contributed by atoms with van der Waals surface area (Å²) in [4.78, 5) is 0. The molecule has 0 atom stereocenters. The second kappa shape index (κ2) is 11.1. The summed E-state index contributed by atoms with van der Waals surface area (Å²) in [6, 6.07) is 24.1. The largest absolute Gasteiger partial charge is 0.455 e. The highest BCUT2D eigenvalue weighted by molar-refractivity contribution is 6.23. The molecule has 0 unspecified atom stereocenters. The molecule has 1 aromatic heterocycles. The number of fused-ring (bicyclic) bond motifs is 7. The highest BCUT2D eigenvalue weighted by Crippen LogP contribution is 2.46. The predicted molar refractivity (Wildman–Crippen MR) is 208 cm³/mol. The molecular weight excluding hydrogens is 593 g/mol. The molecule has 1 heteroatoms. The first kappa shape index (κ1) is 17.6. The molecule has 10 rings (SSSR count). The molecule has 49 heavy (non-hydrogen) atoms. The summed E-state index contributed by atoms with van der Waals surface area (Å²) in [5.41, 5.74) is 1.51. The quantitative estimate of drug-likeness (QED) is 0.175. The third-order valence-electron chi connectivity index (χ3n) is 9.14. The zero-order valence-corrected chi connectivity index (χ0v) is 25.7. The van der Waals surface area contributed by atoms with Crippen LogP contribution in [0, 0.1) is 0 Å². The zero-order chi connectivity index (χ0) is 43.6. The molecule has 0 fully saturated rings. The maximum atomic E-state index is 10.00. The lowest BCUT2D eigenvalue weighted by atomic mass is 9.84. The molecule has 10 aromatic rings. The average Bonchev–Trinajstić information content (AvgIpc) is 3.67. The van der Waals surface area contributed by atoms with E-state index in [0.717, 1.165) is 49.0 Å². The monoisotopic (exact) mass is 635 g/mol. The molecule has 0 saturated carbocycles. The Balaban J connectivity index is 1.34. The SMILES string of the molecule is [2H]c1c([2H])c([2H])c(-c2c([2H])c([2H])c(-c3c4ccccc4c(-c4ccc5oc6c7ccccc7ccc6c5c4)c4ccccc34)c([2H])c2-c2c([2H])c([2H])c([2H])c([2H])c2[2H])c([2H])c1[2H]. The van der Waals surface area contributed by atoms with Gasteiger partial charge in [-0.3, -0.25) is 0 Å². The van der Waals surface area contributed by atoms with Gasteiger partial charge in [0.05, 0.1) is 17.8 Å². The molecule has 0 saturated heterocycles. The molecule has 0 bridgehead atoms. The number of hydrogen-bond donors (Lipinski definition) is 0. The minimum Gasteiger partial charge on any atom is -0.455 e. The maximum Gasteiger partial charge on any atom is 0.143 e. The topological polar surface area (TPSA) is 13.1 Å². The van der Waals surface area contributed by atoms with Crippen molar-refractivity contribution in [1.29, 1.82) is 0 Å². The van der Waals surface area contributed by atoms with Crippen molar-refractivity contribution in [3.8, 4) is 44.5 Å². The summed E-state index contributed by atoms with van der Waals surface area (Å²) >= 11 is 0. The molecular formula is C48H30O. The van der Waals surface area contributed by atoms with Crippen LogP contribution < -0.4 is 0 Å². The predicted octanol–water partition coefficient (Wildman–Crippen LogP) is 13.7. The average molecular weight is 636 g/mol. The van der Waals surface area contributed by atoms with Crippen LogP contribution in [0.5, 0.6) is 0 Å². The van der Waals surface area contributed by atoms with Crippen molar-refractivity contribution < 1.29 is 22.2 Å². The van der Waals surface area contributed by atoms with Crippen LogP contribution >= 0.6 is 0 Å². The van der Waals surface area contributed by atoms with E-state index in [0.29, 0.717) is 21.9 Å². The highest BCUT2D eigenvalue weighted by atomic mass is 16.3. The third kappa shape index (κ3) is 4.40. The number of furan rings is 1. The first-order valence-electron chi connectivity index (χ1n) is 22.3. The summed E-state index contributed by atoms with van der Waals surface area (Å²) < 4.78 is 122. The van der Waals surface area contributed by atoms with Crippen molar-refractivity contribution in [2.45, 2.75) is 0 Å². The van der Waals surface area contributed by atoms with E-state index in [2.05, 4.69) is 18.2 Å². The van der Waals surface area contributed by atoms with E-state index in [1.54, 1.807) is 0 Å². The molecule has 0 radical (unpaired) electrons. The Labute approximate surface area is 302 Å². The summed E-state index contributed by atoms with van der Waals surface area (Å²) in [5, 5.41) is 6.57. The number of rotatable bonds is 4. The van der Waals surface area contributed by atoms with Gasteiger partial charge in [-0.1, -0.05) is 157 Å². The number of hydrogen-bond acceptors (Lipinski definition) is 1. The summed E-state index contributed by atoms with van der Waals surface area (Å²) in [7, 11) is 0. The van der Waals surface area contributed by atoms with Crippen molar-refractivity contribution in [2.75, 3.05) is 0 Å². The van der Waals surface area contributed by atoms with Gasteiger partial charge in [0.1, 0.15) is 11.2 Å². The van der Waals surface area contributed by atoms with Crippen molar-refractivity contribution >= 4 is 54.3 Å². The lowest BCUT2D eigenvalue weighted by Crippen LogP contribution is -1.92. The van der Waals surface area contributed by atoms with E-state index < -0.39 is 101 Å². The van der Waals surface area contributed by atoms with Gasteiger partial charge in [0.15, 0.2) is 0 Å². The Bertz CT molecular complexity index is 3510. The minimum atomic E-state index is -0.739. The second-order valence-electron chi connectivity index (χ2n) is 11.8. The minimum absolute atomic E-state index is 0.102. The molecule has 228 valence electrons. The van der Waals surface area contributed by atoms with Gasteiger partial charge in [0.25, 0.3) is 0 Å². The first-order chi connectivity index (χ1) is 29.7. The van der Waals surface area contributed by atoms with Gasteiger partial charge >= 0.3 is 0 Å². The Morgan fingerprint density at radius 3 is 1.61 bits per heavy atom. The van der Waals surface area contributed by atoms with Gasteiger partial charge in [0.2, 0.25) is 0 Å². The fraction of sp³-hybridized carbons (Fsp3) is 0. The summed E-state index contributed by atoms with van der Waals surface area (Å²) in [6.45, 7) is 0. The van der Waals surface area contributed by atoms with E-state index in [1.165, 1.54) is 0 Å². The van der Waals surface area contributed by atoms with Crippen LogP contribution in [0.4, 0.5) is 0 Å². The van der Waals surface area contributed by atoms with Gasteiger partial charge in [-0.2, -0.15) is 0 Å². The fourth-order valence-electron chi connectivity index (χ4n) is 7.02. The Morgan fingerprint density at radius 2 is 0.959 bits per heavy atom. The van der Waals surface area contributed by atoms with Crippen LogP contribution in [-0.4, -0.2) is 0 Å². The molecule has 1 heterocycles. The van der Waals surface area contributed by atoms with Crippen LogP contribution in [0.15, 0.2) is 186 Å². The molecule has 0 aliphatic rings. The Morgan fingerprint density at radius 1 is 0.388 bits per heavy atom. The molecule has 0 aliphatic heterocycles. The van der Waals surface area contributed by atoms with E-state index in [-0.39, 0.29) is 5.56 Å². The van der Waals surface area contributed by atoms with Crippen LogP contribution in [-0.2, 0) is 0 Å². The maximum absolute atomic E-state index is 10.00. The molecule has 1 nitrogen and oxygen atoms in total. The van der Waals surface area contributed by atoms with Crippen molar-refractivity contribution in [3.63, 3.8) is 0 Å². The van der Waals surface area contributed by atoms with Gasteiger partial charge in [-0.05, 0) is 95.7 Å². The summed E-state index contributed by atoms with van der Waals surface area (Å²) in [6.07, 6.45) is 0. The van der Waals surface area contributed by atoms with E-state index in [1.807, 2.05) is 84.9 Å². The van der Waals surface area contributed by atoms with E-state index in [4.69, 9.17) is 18.1 Å².